The Balaban J connectivity index is 2.04. The molecule has 31 heavy (non-hydrogen) atoms. The number of pyridine rings is 1. The van der Waals surface area contributed by atoms with Crippen LogP contribution in [0.3, 0.4) is 0 Å². The van der Waals surface area contributed by atoms with E-state index in [0.717, 1.165) is 31.6 Å². The maximum Gasteiger partial charge on any atom is 0.272 e. The standard InChI is InChI=1S/C23H28F2N4O2/c1-3-22(30)29-13-7-11-27(2)10-6-12-28(23(31)20-8-4-5-9-26-20)16-17-14-18(24)19(25)15-21(17)29/h4-5,8-9,14-15H,3,6-7,10-13,16H2,1-2H3. The van der Waals surface area contributed by atoms with E-state index in [9.17, 15) is 18.4 Å². The third-order valence-corrected chi connectivity index (χ3v) is 5.44. The van der Waals surface area contributed by atoms with Crippen molar-refractivity contribution in [2.45, 2.75) is 32.7 Å². The molecule has 0 saturated carbocycles. The Hall–Kier alpha value is -2.87. The predicted molar refractivity (Wildman–Crippen MR) is 115 cm³/mol. The van der Waals surface area contributed by atoms with E-state index in [2.05, 4.69) is 9.88 Å². The summed E-state index contributed by atoms with van der Waals surface area (Å²) in [4.78, 5) is 35.2. The lowest BCUT2D eigenvalue weighted by Crippen LogP contribution is -2.38. The van der Waals surface area contributed by atoms with Crippen molar-refractivity contribution in [3.63, 3.8) is 0 Å². The van der Waals surface area contributed by atoms with E-state index >= 15 is 0 Å². The number of halogens is 2. The summed E-state index contributed by atoms with van der Waals surface area (Å²) in [6.07, 6.45) is 3.22. The highest BCUT2D eigenvalue weighted by molar-refractivity contribution is 5.94. The molecule has 0 unspecified atom stereocenters. The molecule has 1 aliphatic heterocycles. The molecule has 0 atom stereocenters. The van der Waals surface area contributed by atoms with Crippen molar-refractivity contribution in [2.24, 2.45) is 0 Å². The zero-order chi connectivity index (χ0) is 22.4. The van der Waals surface area contributed by atoms with Gasteiger partial charge in [-0.05, 0) is 56.7 Å². The minimum atomic E-state index is -1.01. The molecular weight excluding hydrogens is 402 g/mol. The van der Waals surface area contributed by atoms with Gasteiger partial charge in [0.15, 0.2) is 11.6 Å². The number of hydrogen-bond donors (Lipinski definition) is 0. The molecule has 166 valence electrons. The summed E-state index contributed by atoms with van der Waals surface area (Å²) in [6, 6.07) is 7.25. The average Bonchev–Trinajstić information content (AvgIpc) is 2.77. The molecule has 2 amide bonds. The number of carbonyl (C=O) groups is 2. The lowest BCUT2D eigenvalue weighted by molar-refractivity contribution is -0.118. The molecule has 1 aromatic heterocycles. The van der Waals surface area contributed by atoms with Gasteiger partial charge < -0.3 is 14.7 Å². The van der Waals surface area contributed by atoms with Crippen LogP contribution in [-0.2, 0) is 11.3 Å². The number of benzene rings is 1. The predicted octanol–water partition coefficient (Wildman–Crippen LogP) is 3.47. The fraction of sp³-hybridized carbons (Fsp3) is 0.435. The van der Waals surface area contributed by atoms with Crippen LogP contribution in [0.5, 0.6) is 0 Å². The molecule has 0 saturated heterocycles. The zero-order valence-corrected chi connectivity index (χ0v) is 18.0. The lowest BCUT2D eigenvalue weighted by atomic mass is 10.1. The summed E-state index contributed by atoms with van der Waals surface area (Å²) in [7, 11) is 1.99. The minimum Gasteiger partial charge on any atom is -0.333 e. The van der Waals surface area contributed by atoms with Crippen molar-refractivity contribution in [2.75, 3.05) is 38.1 Å². The maximum atomic E-state index is 14.2. The van der Waals surface area contributed by atoms with Crippen LogP contribution in [0.25, 0.3) is 0 Å². The average molecular weight is 430 g/mol. The van der Waals surface area contributed by atoms with Crippen LogP contribution in [0.15, 0.2) is 36.5 Å². The quantitative estimate of drug-likeness (QED) is 0.732. The maximum absolute atomic E-state index is 14.2. The van der Waals surface area contributed by atoms with Gasteiger partial charge in [-0.1, -0.05) is 13.0 Å². The van der Waals surface area contributed by atoms with Crippen LogP contribution in [-0.4, -0.2) is 59.8 Å². The fourth-order valence-electron chi connectivity index (χ4n) is 3.78. The van der Waals surface area contributed by atoms with Gasteiger partial charge in [0, 0.05) is 38.3 Å². The second-order valence-electron chi connectivity index (χ2n) is 7.75. The van der Waals surface area contributed by atoms with Gasteiger partial charge in [-0.15, -0.1) is 0 Å². The smallest absolute Gasteiger partial charge is 0.272 e. The fourth-order valence-corrected chi connectivity index (χ4v) is 3.78. The van der Waals surface area contributed by atoms with Crippen molar-refractivity contribution in [1.29, 1.82) is 0 Å². The summed E-state index contributed by atoms with van der Waals surface area (Å²) in [6.45, 7) is 4.14. The molecule has 0 aliphatic carbocycles. The Labute approximate surface area is 181 Å². The van der Waals surface area contributed by atoms with Gasteiger partial charge >= 0.3 is 0 Å². The monoisotopic (exact) mass is 430 g/mol. The number of nitrogens with zero attached hydrogens (tertiary/aromatic N) is 4. The highest BCUT2D eigenvalue weighted by Crippen LogP contribution is 2.27. The van der Waals surface area contributed by atoms with E-state index < -0.39 is 11.6 Å². The molecule has 3 rings (SSSR count). The molecule has 8 heteroatoms. The summed E-state index contributed by atoms with van der Waals surface area (Å²) in [5.41, 5.74) is 1.00. The summed E-state index contributed by atoms with van der Waals surface area (Å²) in [5, 5.41) is 0. The van der Waals surface area contributed by atoms with Crippen LogP contribution in [0.4, 0.5) is 14.5 Å². The van der Waals surface area contributed by atoms with Crippen molar-refractivity contribution >= 4 is 17.5 Å². The normalized spacial score (nSPS) is 16.3. The van der Waals surface area contributed by atoms with Crippen molar-refractivity contribution in [3.8, 4) is 0 Å². The first kappa shape index (κ1) is 22.8. The van der Waals surface area contributed by atoms with Gasteiger partial charge in [-0.25, -0.2) is 8.78 Å². The number of anilines is 1. The first-order chi connectivity index (χ1) is 14.9. The van der Waals surface area contributed by atoms with E-state index in [1.165, 1.54) is 4.90 Å². The van der Waals surface area contributed by atoms with Crippen LogP contribution in [0.1, 0.15) is 42.2 Å². The third kappa shape index (κ3) is 5.64. The number of rotatable bonds is 2. The number of hydrogen-bond acceptors (Lipinski definition) is 4. The topological polar surface area (TPSA) is 56.8 Å². The van der Waals surface area contributed by atoms with Crippen LogP contribution < -0.4 is 4.90 Å². The summed E-state index contributed by atoms with van der Waals surface area (Å²) < 4.78 is 28.4. The van der Waals surface area contributed by atoms with E-state index in [0.29, 0.717) is 30.8 Å². The van der Waals surface area contributed by atoms with Crippen molar-refractivity contribution in [1.82, 2.24) is 14.8 Å². The Kier molecular flexibility index (Phi) is 7.68. The van der Waals surface area contributed by atoms with Gasteiger partial charge in [-0.3, -0.25) is 14.6 Å². The van der Waals surface area contributed by atoms with Crippen molar-refractivity contribution in [3.05, 3.63) is 59.4 Å². The summed E-state index contributed by atoms with van der Waals surface area (Å²) in [5.74, 6) is -2.47. The molecule has 6 nitrogen and oxygen atoms in total. The van der Waals surface area contributed by atoms with Gasteiger partial charge in [0.05, 0.1) is 5.69 Å². The van der Waals surface area contributed by atoms with E-state index in [-0.39, 0.29) is 30.5 Å². The second-order valence-corrected chi connectivity index (χ2v) is 7.75. The molecule has 1 aromatic carbocycles. The van der Waals surface area contributed by atoms with E-state index in [1.54, 1.807) is 36.2 Å². The number of amides is 2. The summed E-state index contributed by atoms with van der Waals surface area (Å²) >= 11 is 0. The Morgan fingerprint density at radius 2 is 1.74 bits per heavy atom. The van der Waals surface area contributed by atoms with E-state index in [1.807, 2.05) is 7.05 Å². The molecule has 0 spiro atoms. The molecule has 2 aromatic rings. The van der Waals surface area contributed by atoms with Crippen LogP contribution >= 0.6 is 0 Å². The molecular formula is C23H28F2N4O2. The molecule has 0 N–H and O–H groups in total. The number of fused-ring (bicyclic) bond motifs is 1. The molecule has 2 heterocycles. The molecule has 1 aliphatic rings. The SMILES string of the molecule is CCC(=O)N1CCCN(C)CCCN(C(=O)c2ccccn2)Cc2cc(F)c(F)cc21. The Morgan fingerprint density at radius 1 is 1.03 bits per heavy atom. The number of carbonyl (C=O) groups excluding carboxylic acids is 2. The first-order valence-corrected chi connectivity index (χ1v) is 10.6. The highest BCUT2D eigenvalue weighted by Gasteiger charge is 2.25. The molecule has 0 bridgehead atoms. The van der Waals surface area contributed by atoms with E-state index in [4.69, 9.17) is 0 Å². The lowest BCUT2D eigenvalue weighted by Gasteiger charge is -2.30. The zero-order valence-electron chi connectivity index (χ0n) is 18.0. The van der Waals surface area contributed by atoms with Gasteiger partial charge in [0.25, 0.3) is 5.91 Å². The number of aromatic nitrogens is 1. The second kappa shape index (κ2) is 10.4. The highest BCUT2D eigenvalue weighted by atomic mass is 19.2. The van der Waals surface area contributed by atoms with Crippen LogP contribution in [0, 0.1) is 11.6 Å². The first-order valence-electron chi connectivity index (χ1n) is 10.6. The third-order valence-electron chi connectivity index (χ3n) is 5.44. The Bertz CT molecular complexity index is 923. The molecule has 0 radical (unpaired) electrons. The Morgan fingerprint density at radius 3 is 2.42 bits per heavy atom. The van der Waals surface area contributed by atoms with Crippen LogP contribution in [0.2, 0.25) is 0 Å². The van der Waals surface area contributed by atoms with Gasteiger partial charge in [0.2, 0.25) is 5.91 Å². The van der Waals surface area contributed by atoms with Crippen molar-refractivity contribution < 1.29 is 18.4 Å². The minimum absolute atomic E-state index is 0.0547. The largest absolute Gasteiger partial charge is 0.333 e. The molecule has 0 fully saturated rings. The van der Waals surface area contributed by atoms with Gasteiger partial charge in [0.1, 0.15) is 5.69 Å². The van der Waals surface area contributed by atoms with Gasteiger partial charge in [-0.2, -0.15) is 0 Å².